The number of hydrogen-bond acceptors (Lipinski definition) is 6. The monoisotopic (exact) mass is 448 g/mol. The summed E-state index contributed by atoms with van der Waals surface area (Å²) in [5.41, 5.74) is 2.41. The van der Waals surface area contributed by atoms with Gasteiger partial charge in [-0.2, -0.15) is 0 Å². The highest BCUT2D eigenvalue weighted by atomic mass is 19.4. The molecule has 0 atom stereocenters. The van der Waals surface area contributed by atoms with E-state index < -0.39 is 11.3 Å². The van der Waals surface area contributed by atoms with Crippen LogP contribution in [0.15, 0.2) is 54.7 Å². The minimum atomic E-state index is -4.74. The lowest BCUT2D eigenvalue weighted by molar-refractivity contribution is -0.389. The Hall–Kier alpha value is -3.60. The van der Waals surface area contributed by atoms with Gasteiger partial charge in [0.15, 0.2) is 0 Å². The van der Waals surface area contributed by atoms with Crippen molar-refractivity contribution in [2.45, 2.75) is 19.5 Å². The highest BCUT2D eigenvalue weighted by Gasteiger charge is 2.31. The van der Waals surface area contributed by atoms with Gasteiger partial charge in [-0.05, 0) is 33.7 Å². The molecule has 0 N–H and O–H groups in total. The van der Waals surface area contributed by atoms with Crippen LogP contribution in [0.25, 0.3) is 11.1 Å². The molecule has 0 fully saturated rings. The number of alkyl halides is 3. The van der Waals surface area contributed by atoms with E-state index in [1.54, 1.807) is 10.6 Å². The maximum atomic E-state index is 12.5. The topological polar surface area (TPSA) is 82.7 Å². The summed E-state index contributed by atoms with van der Waals surface area (Å²) in [6.45, 7) is 2.76. The van der Waals surface area contributed by atoms with E-state index in [9.17, 15) is 23.3 Å². The molecular formula is C21H19F3N4O4. The van der Waals surface area contributed by atoms with Crippen LogP contribution in [0, 0.1) is 10.1 Å². The van der Waals surface area contributed by atoms with Crippen molar-refractivity contribution in [1.29, 1.82) is 0 Å². The zero-order valence-corrected chi connectivity index (χ0v) is 16.8. The van der Waals surface area contributed by atoms with Crippen molar-refractivity contribution in [2.75, 3.05) is 19.7 Å². The van der Waals surface area contributed by atoms with Crippen molar-refractivity contribution in [3.8, 4) is 22.9 Å². The van der Waals surface area contributed by atoms with E-state index in [2.05, 4.69) is 14.6 Å². The van der Waals surface area contributed by atoms with Crippen LogP contribution in [-0.4, -0.2) is 45.4 Å². The van der Waals surface area contributed by atoms with Gasteiger partial charge in [0, 0.05) is 31.2 Å². The molecule has 0 spiro atoms. The number of hydrogen-bond donors (Lipinski definition) is 0. The molecule has 4 rings (SSSR count). The van der Waals surface area contributed by atoms with E-state index in [4.69, 9.17) is 4.74 Å². The third kappa shape index (κ3) is 5.35. The number of rotatable bonds is 5. The molecule has 0 saturated carbocycles. The molecule has 32 heavy (non-hydrogen) atoms. The molecule has 8 nitrogen and oxygen atoms in total. The summed E-state index contributed by atoms with van der Waals surface area (Å²) in [5, 5.41) is 10.9. The lowest BCUT2D eigenvalue weighted by Gasteiger charge is -2.24. The SMILES string of the molecule is O=[N+]([O-])c1cn2c(n1)OCCN(Cc1ccc(-c3cccc(OC(F)(F)F)c3)cc1)CC2. The number of benzene rings is 2. The van der Waals surface area contributed by atoms with Gasteiger partial charge in [0.1, 0.15) is 18.6 Å². The molecule has 0 radical (unpaired) electrons. The number of imidazole rings is 1. The highest BCUT2D eigenvalue weighted by Crippen LogP contribution is 2.28. The number of nitro groups is 1. The molecule has 0 saturated heterocycles. The van der Waals surface area contributed by atoms with Gasteiger partial charge in [0.25, 0.3) is 0 Å². The number of nitrogens with zero attached hydrogens (tertiary/aromatic N) is 4. The number of aromatic nitrogens is 2. The van der Waals surface area contributed by atoms with E-state index in [0.29, 0.717) is 38.3 Å². The van der Waals surface area contributed by atoms with E-state index in [1.165, 1.54) is 24.4 Å². The molecule has 0 bridgehead atoms. The van der Waals surface area contributed by atoms with Crippen molar-refractivity contribution in [2.24, 2.45) is 0 Å². The number of halogens is 3. The van der Waals surface area contributed by atoms with Gasteiger partial charge in [-0.25, -0.2) is 0 Å². The second kappa shape index (κ2) is 8.87. The largest absolute Gasteiger partial charge is 0.573 e. The zero-order valence-electron chi connectivity index (χ0n) is 16.8. The molecule has 0 unspecified atom stereocenters. The predicted molar refractivity (Wildman–Crippen MR) is 108 cm³/mol. The third-order valence-electron chi connectivity index (χ3n) is 4.97. The predicted octanol–water partition coefficient (Wildman–Crippen LogP) is 4.25. The summed E-state index contributed by atoms with van der Waals surface area (Å²) in [5.74, 6) is -0.507. The van der Waals surface area contributed by atoms with Gasteiger partial charge in [0.2, 0.25) is 0 Å². The Morgan fingerprint density at radius 3 is 2.59 bits per heavy atom. The van der Waals surface area contributed by atoms with Gasteiger partial charge >= 0.3 is 18.2 Å². The Morgan fingerprint density at radius 2 is 1.88 bits per heavy atom. The van der Waals surface area contributed by atoms with Crippen LogP contribution in [0.2, 0.25) is 0 Å². The summed E-state index contributed by atoms with van der Waals surface area (Å²) in [7, 11) is 0. The van der Waals surface area contributed by atoms with Gasteiger partial charge in [-0.1, -0.05) is 36.4 Å². The molecule has 0 aliphatic carbocycles. The Morgan fingerprint density at radius 1 is 1.09 bits per heavy atom. The van der Waals surface area contributed by atoms with E-state index >= 15 is 0 Å². The molecule has 2 heterocycles. The van der Waals surface area contributed by atoms with Crippen LogP contribution in [0.5, 0.6) is 11.8 Å². The second-order valence-electron chi connectivity index (χ2n) is 7.23. The maximum Gasteiger partial charge on any atom is 0.573 e. The van der Waals surface area contributed by atoms with Crippen molar-refractivity contribution >= 4 is 5.82 Å². The molecule has 1 aliphatic heterocycles. The summed E-state index contributed by atoms with van der Waals surface area (Å²) >= 11 is 0. The Labute approximate surface area is 181 Å². The second-order valence-corrected chi connectivity index (χ2v) is 7.23. The fourth-order valence-corrected chi connectivity index (χ4v) is 3.47. The van der Waals surface area contributed by atoms with Gasteiger partial charge in [-0.3, -0.25) is 9.47 Å². The smallest absolute Gasteiger partial charge is 0.444 e. The van der Waals surface area contributed by atoms with Gasteiger partial charge in [-0.15, -0.1) is 13.2 Å². The molecular weight excluding hydrogens is 429 g/mol. The lowest BCUT2D eigenvalue weighted by atomic mass is 10.0. The van der Waals surface area contributed by atoms with Crippen molar-refractivity contribution < 1.29 is 27.6 Å². The summed E-state index contributed by atoms with van der Waals surface area (Å²) in [4.78, 5) is 16.4. The fourth-order valence-electron chi connectivity index (χ4n) is 3.47. The van der Waals surface area contributed by atoms with Crippen LogP contribution < -0.4 is 9.47 Å². The maximum absolute atomic E-state index is 12.5. The Bertz CT molecular complexity index is 1100. The quantitative estimate of drug-likeness (QED) is 0.429. The van der Waals surface area contributed by atoms with E-state index in [-0.39, 0.29) is 17.6 Å². The fraction of sp³-hybridized carbons (Fsp3) is 0.286. The van der Waals surface area contributed by atoms with Crippen LogP contribution in [0.4, 0.5) is 19.0 Å². The van der Waals surface area contributed by atoms with Crippen molar-refractivity contribution in [3.05, 3.63) is 70.4 Å². The minimum absolute atomic E-state index is 0.242. The summed E-state index contributed by atoms with van der Waals surface area (Å²) in [6, 6.07) is 13.6. The highest BCUT2D eigenvalue weighted by molar-refractivity contribution is 5.65. The molecule has 168 valence electrons. The minimum Gasteiger partial charge on any atom is -0.444 e. The van der Waals surface area contributed by atoms with E-state index in [1.807, 2.05) is 24.3 Å². The third-order valence-corrected chi connectivity index (χ3v) is 4.97. The normalized spacial score (nSPS) is 14.7. The first-order valence-electron chi connectivity index (χ1n) is 9.79. The van der Waals surface area contributed by atoms with Gasteiger partial charge < -0.3 is 19.6 Å². The molecule has 11 heteroatoms. The lowest BCUT2D eigenvalue weighted by Crippen LogP contribution is -2.33. The van der Waals surface area contributed by atoms with Crippen LogP contribution in [0.1, 0.15) is 5.56 Å². The van der Waals surface area contributed by atoms with Crippen molar-refractivity contribution in [1.82, 2.24) is 14.5 Å². The molecule has 2 aromatic carbocycles. The Balaban J connectivity index is 1.40. The Kier molecular flexibility index (Phi) is 5.99. The standard InChI is InChI=1S/C21H19F3N4O4/c22-21(23,24)32-18-3-1-2-17(12-18)16-6-4-15(5-7-16)13-26-8-9-27-14-19(28(29)30)25-20(27)31-11-10-26/h1-7,12,14H,8-11,13H2. The first-order chi connectivity index (χ1) is 15.3. The summed E-state index contributed by atoms with van der Waals surface area (Å²) in [6.07, 6.45) is -3.37. The first-order valence-corrected chi connectivity index (χ1v) is 9.79. The van der Waals surface area contributed by atoms with Crippen LogP contribution in [-0.2, 0) is 13.1 Å². The van der Waals surface area contributed by atoms with Crippen LogP contribution >= 0.6 is 0 Å². The molecule has 1 aromatic heterocycles. The number of ether oxygens (including phenoxy) is 2. The first kappa shape index (κ1) is 21.6. The van der Waals surface area contributed by atoms with E-state index in [0.717, 1.165) is 11.1 Å². The van der Waals surface area contributed by atoms with Crippen molar-refractivity contribution in [3.63, 3.8) is 0 Å². The number of fused-ring (bicyclic) bond motifs is 1. The zero-order chi connectivity index (χ0) is 22.7. The summed E-state index contributed by atoms with van der Waals surface area (Å²) < 4.78 is 48.5. The average Bonchev–Trinajstić information content (AvgIpc) is 3.12. The van der Waals surface area contributed by atoms with Gasteiger partial charge in [0.05, 0.1) is 0 Å². The molecule has 1 aliphatic rings. The molecule has 0 amide bonds. The molecule has 3 aromatic rings. The average molecular weight is 448 g/mol. The van der Waals surface area contributed by atoms with Crippen LogP contribution in [0.3, 0.4) is 0 Å².